The first-order chi connectivity index (χ1) is 12.7. The van der Waals surface area contributed by atoms with Gasteiger partial charge in [-0.3, -0.25) is 0 Å². The van der Waals surface area contributed by atoms with Crippen LogP contribution in [0.5, 0.6) is 11.5 Å². The van der Waals surface area contributed by atoms with Crippen LogP contribution < -0.4 is 20.1 Å². The van der Waals surface area contributed by atoms with Crippen molar-refractivity contribution in [3.63, 3.8) is 0 Å². The Labute approximate surface area is 156 Å². The second kappa shape index (κ2) is 8.35. The van der Waals surface area contributed by atoms with Crippen LogP contribution >= 0.6 is 11.6 Å². The maximum Gasteiger partial charge on any atom is 0.249 e. The van der Waals surface area contributed by atoms with Crippen LogP contribution in [0.3, 0.4) is 0 Å². The predicted octanol–water partition coefficient (Wildman–Crippen LogP) is 4.42. The second-order valence-corrected chi connectivity index (χ2v) is 5.60. The fourth-order valence-electron chi connectivity index (χ4n) is 2.28. The van der Waals surface area contributed by atoms with Gasteiger partial charge < -0.3 is 20.1 Å². The lowest BCUT2D eigenvalue weighted by Crippen LogP contribution is -2.03. The number of nitrogens with one attached hydrogen (secondary N) is 2. The molecule has 1 aromatic heterocycles. The predicted molar refractivity (Wildman–Crippen MR) is 102 cm³/mol. The van der Waals surface area contributed by atoms with Crippen molar-refractivity contribution in [1.82, 2.24) is 15.2 Å². The lowest BCUT2D eigenvalue weighted by molar-refractivity contribution is 0.342. The van der Waals surface area contributed by atoms with Crippen LogP contribution in [0.2, 0.25) is 5.02 Å². The minimum Gasteiger partial charge on any atom is -0.495 e. The van der Waals surface area contributed by atoms with Gasteiger partial charge in [-0.25, -0.2) is 0 Å². The zero-order chi connectivity index (χ0) is 18.4. The van der Waals surface area contributed by atoms with Crippen molar-refractivity contribution >= 4 is 34.7 Å². The van der Waals surface area contributed by atoms with E-state index in [1.165, 1.54) is 6.20 Å². The Morgan fingerprint density at radius 2 is 1.92 bits per heavy atom. The molecule has 0 aliphatic rings. The zero-order valence-corrected chi connectivity index (χ0v) is 15.1. The molecule has 7 nitrogen and oxygen atoms in total. The molecule has 0 radical (unpaired) electrons. The maximum absolute atomic E-state index is 6.13. The largest absolute Gasteiger partial charge is 0.495 e. The van der Waals surface area contributed by atoms with Gasteiger partial charge in [0.1, 0.15) is 11.5 Å². The molecule has 0 atom stereocenters. The van der Waals surface area contributed by atoms with Crippen LogP contribution in [0.1, 0.15) is 6.92 Å². The molecule has 1 heterocycles. The molecule has 8 heteroatoms. The molecule has 134 valence electrons. The van der Waals surface area contributed by atoms with Crippen LogP contribution in [0.4, 0.5) is 23.1 Å². The lowest BCUT2D eigenvalue weighted by Gasteiger charge is -2.12. The quantitative estimate of drug-likeness (QED) is 0.636. The number of ether oxygens (including phenoxy) is 2. The molecule has 0 aliphatic carbocycles. The number of hydrogen-bond acceptors (Lipinski definition) is 7. The summed E-state index contributed by atoms with van der Waals surface area (Å²) < 4.78 is 10.7. The summed E-state index contributed by atoms with van der Waals surface area (Å²) in [4.78, 5) is 4.41. The molecule has 2 aromatic carbocycles. The van der Waals surface area contributed by atoms with Crippen molar-refractivity contribution in [2.75, 3.05) is 24.4 Å². The summed E-state index contributed by atoms with van der Waals surface area (Å²) >= 11 is 6.13. The SMILES string of the molecule is CCOc1ccccc1Nc1cnnc(Nc2ccc(OC)c(Cl)c2)n1. The fourth-order valence-corrected chi connectivity index (χ4v) is 2.54. The van der Waals surface area contributed by atoms with Gasteiger partial charge in [-0.05, 0) is 37.3 Å². The summed E-state index contributed by atoms with van der Waals surface area (Å²) in [6.45, 7) is 2.51. The first kappa shape index (κ1) is 17.8. The average molecular weight is 372 g/mol. The van der Waals surface area contributed by atoms with Crippen molar-refractivity contribution in [2.45, 2.75) is 6.92 Å². The van der Waals surface area contributed by atoms with E-state index in [0.29, 0.717) is 29.1 Å². The molecule has 2 N–H and O–H groups in total. The molecular formula is C18H18ClN5O2. The first-order valence-electron chi connectivity index (χ1n) is 7.98. The Kier molecular flexibility index (Phi) is 5.70. The molecular weight excluding hydrogens is 354 g/mol. The molecule has 3 rings (SSSR count). The Bertz CT molecular complexity index is 891. The highest BCUT2D eigenvalue weighted by atomic mass is 35.5. The zero-order valence-electron chi connectivity index (χ0n) is 14.4. The number of anilines is 4. The van der Waals surface area contributed by atoms with Gasteiger partial charge in [0.25, 0.3) is 0 Å². The van der Waals surface area contributed by atoms with Crippen molar-refractivity contribution < 1.29 is 9.47 Å². The summed E-state index contributed by atoms with van der Waals surface area (Å²) in [6.07, 6.45) is 1.54. The van der Waals surface area contributed by atoms with Crippen molar-refractivity contribution in [1.29, 1.82) is 0 Å². The molecule has 26 heavy (non-hydrogen) atoms. The van der Waals surface area contributed by atoms with E-state index >= 15 is 0 Å². The fraction of sp³-hybridized carbons (Fsp3) is 0.167. The molecule has 0 bridgehead atoms. The van der Waals surface area contributed by atoms with Crippen LogP contribution in [-0.2, 0) is 0 Å². The van der Waals surface area contributed by atoms with Gasteiger partial charge >= 0.3 is 0 Å². The lowest BCUT2D eigenvalue weighted by atomic mass is 10.3. The molecule has 0 aliphatic heterocycles. The number of hydrogen-bond donors (Lipinski definition) is 2. The average Bonchev–Trinajstić information content (AvgIpc) is 2.64. The van der Waals surface area contributed by atoms with E-state index in [0.717, 1.165) is 17.1 Å². The summed E-state index contributed by atoms with van der Waals surface area (Å²) in [5.41, 5.74) is 1.53. The third kappa shape index (κ3) is 4.31. The number of rotatable bonds is 7. The van der Waals surface area contributed by atoms with E-state index in [4.69, 9.17) is 21.1 Å². The van der Waals surface area contributed by atoms with Crippen LogP contribution in [0.15, 0.2) is 48.7 Å². The second-order valence-electron chi connectivity index (χ2n) is 5.19. The molecule has 0 fully saturated rings. The van der Waals surface area contributed by atoms with E-state index in [2.05, 4.69) is 25.8 Å². The van der Waals surface area contributed by atoms with Crippen LogP contribution in [0.25, 0.3) is 0 Å². The van der Waals surface area contributed by atoms with E-state index in [1.54, 1.807) is 19.2 Å². The van der Waals surface area contributed by atoms with Gasteiger partial charge in [0, 0.05) is 5.69 Å². The molecule has 0 unspecified atom stereocenters. The highest BCUT2D eigenvalue weighted by Gasteiger charge is 2.07. The minimum absolute atomic E-state index is 0.338. The topological polar surface area (TPSA) is 81.2 Å². The summed E-state index contributed by atoms with van der Waals surface area (Å²) in [5, 5.41) is 14.7. The van der Waals surface area contributed by atoms with E-state index in [1.807, 2.05) is 37.3 Å². The third-order valence-electron chi connectivity index (χ3n) is 3.42. The summed E-state index contributed by atoms with van der Waals surface area (Å²) in [6, 6.07) is 12.9. The van der Waals surface area contributed by atoms with Crippen LogP contribution in [-0.4, -0.2) is 28.9 Å². The van der Waals surface area contributed by atoms with Gasteiger partial charge in [0.15, 0.2) is 5.82 Å². The molecule has 0 amide bonds. The smallest absolute Gasteiger partial charge is 0.249 e. The number of para-hydroxylation sites is 2. The van der Waals surface area contributed by atoms with E-state index in [-0.39, 0.29) is 0 Å². The highest BCUT2D eigenvalue weighted by molar-refractivity contribution is 6.32. The third-order valence-corrected chi connectivity index (χ3v) is 3.71. The normalized spacial score (nSPS) is 10.3. The summed E-state index contributed by atoms with van der Waals surface area (Å²) in [5.74, 6) is 2.21. The number of nitrogens with zero attached hydrogens (tertiary/aromatic N) is 3. The number of halogens is 1. The Morgan fingerprint density at radius 1 is 1.08 bits per heavy atom. The number of aromatic nitrogens is 3. The monoisotopic (exact) mass is 371 g/mol. The van der Waals surface area contributed by atoms with Crippen molar-refractivity contribution in [3.8, 4) is 11.5 Å². The van der Waals surface area contributed by atoms with Gasteiger partial charge in [-0.15, -0.1) is 5.10 Å². The Morgan fingerprint density at radius 3 is 2.69 bits per heavy atom. The van der Waals surface area contributed by atoms with Gasteiger partial charge in [0.2, 0.25) is 5.95 Å². The minimum atomic E-state index is 0.338. The molecule has 0 spiro atoms. The van der Waals surface area contributed by atoms with Gasteiger partial charge in [-0.2, -0.15) is 10.1 Å². The summed E-state index contributed by atoms with van der Waals surface area (Å²) in [7, 11) is 1.57. The standard InChI is InChI=1S/C18H18ClN5O2/c1-3-26-16-7-5-4-6-14(16)22-17-11-20-24-18(23-17)21-12-8-9-15(25-2)13(19)10-12/h4-11H,3H2,1-2H3,(H2,21,22,23,24). The highest BCUT2D eigenvalue weighted by Crippen LogP contribution is 2.29. The molecule has 0 saturated carbocycles. The number of benzene rings is 2. The van der Waals surface area contributed by atoms with Crippen LogP contribution in [0, 0.1) is 0 Å². The Hall–Kier alpha value is -3.06. The maximum atomic E-state index is 6.13. The van der Waals surface area contributed by atoms with E-state index < -0.39 is 0 Å². The van der Waals surface area contributed by atoms with Crippen molar-refractivity contribution in [2.24, 2.45) is 0 Å². The molecule has 3 aromatic rings. The first-order valence-corrected chi connectivity index (χ1v) is 8.36. The molecule has 0 saturated heterocycles. The van der Waals surface area contributed by atoms with Gasteiger partial charge in [-0.1, -0.05) is 23.7 Å². The van der Waals surface area contributed by atoms with E-state index in [9.17, 15) is 0 Å². The number of methoxy groups -OCH3 is 1. The Balaban J connectivity index is 1.77. The van der Waals surface area contributed by atoms with Crippen molar-refractivity contribution in [3.05, 3.63) is 53.7 Å². The van der Waals surface area contributed by atoms with Gasteiger partial charge in [0.05, 0.1) is 30.6 Å².